The minimum Gasteiger partial charge on any atom is -0.303 e. The largest absolute Gasteiger partial charge is 0.303 e. The van der Waals surface area contributed by atoms with E-state index in [-0.39, 0.29) is 0 Å². The summed E-state index contributed by atoms with van der Waals surface area (Å²) in [5.41, 5.74) is 0. The zero-order valence-corrected chi connectivity index (χ0v) is 10.9. The number of allylic oxidation sites excluding steroid dienone is 2. The van der Waals surface area contributed by atoms with Gasteiger partial charge < -0.3 is 4.79 Å². The Balaban J connectivity index is 3.01. The van der Waals surface area contributed by atoms with Crippen molar-refractivity contribution in [2.75, 3.05) is 0 Å². The van der Waals surface area contributed by atoms with Crippen LogP contribution in [0.15, 0.2) is 12.2 Å². The monoisotopic (exact) mass is 224 g/mol. The van der Waals surface area contributed by atoms with Gasteiger partial charge in [-0.05, 0) is 32.1 Å². The second-order valence-corrected chi connectivity index (χ2v) is 4.48. The summed E-state index contributed by atoms with van der Waals surface area (Å²) in [6.07, 6.45) is 19.2. The van der Waals surface area contributed by atoms with E-state index in [1.165, 1.54) is 57.8 Å². The highest BCUT2D eigenvalue weighted by Gasteiger charge is 1.88. The Labute approximate surface area is 101 Å². The van der Waals surface area contributed by atoms with E-state index in [1.54, 1.807) is 0 Å². The normalized spacial score (nSPS) is 11.1. The molecule has 1 heteroatoms. The van der Waals surface area contributed by atoms with Gasteiger partial charge in [-0.25, -0.2) is 0 Å². The van der Waals surface area contributed by atoms with E-state index in [0.717, 1.165) is 19.1 Å². The second kappa shape index (κ2) is 14.4. The van der Waals surface area contributed by atoms with Crippen molar-refractivity contribution in [3.05, 3.63) is 12.2 Å². The van der Waals surface area contributed by atoms with Crippen molar-refractivity contribution in [1.29, 1.82) is 0 Å². The molecule has 0 aromatic carbocycles. The first-order valence-electron chi connectivity index (χ1n) is 7.00. The highest BCUT2D eigenvalue weighted by molar-refractivity contribution is 5.48. The maximum atomic E-state index is 10.1. The first-order chi connectivity index (χ1) is 7.91. The van der Waals surface area contributed by atoms with E-state index in [1.807, 2.05) is 0 Å². The SMILES string of the molecule is CCCCCCC/C=C/CCCCCC=O. The Morgan fingerprint density at radius 3 is 1.75 bits per heavy atom. The summed E-state index contributed by atoms with van der Waals surface area (Å²) < 4.78 is 0. The van der Waals surface area contributed by atoms with Gasteiger partial charge >= 0.3 is 0 Å². The van der Waals surface area contributed by atoms with E-state index >= 15 is 0 Å². The first kappa shape index (κ1) is 15.4. The van der Waals surface area contributed by atoms with Gasteiger partial charge in [-0.2, -0.15) is 0 Å². The van der Waals surface area contributed by atoms with Gasteiger partial charge in [-0.3, -0.25) is 0 Å². The number of aldehydes is 1. The molecule has 0 heterocycles. The highest BCUT2D eigenvalue weighted by Crippen LogP contribution is 2.07. The van der Waals surface area contributed by atoms with Gasteiger partial charge in [-0.15, -0.1) is 0 Å². The maximum Gasteiger partial charge on any atom is 0.119 e. The van der Waals surface area contributed by atoms with E-state index in [9.17, 15) is 4.79 Å². The summed E-state index contributed by atoms with van der Waals surface area (Å²) in [7, 11) is 0. The zero-order valence-electron chi connectivity index (χ0n) is 10.9. The Morgan fingerprint density at radius 1 is 0.688 bits per heavy atom. The van der Waals surface area contributed by atoms with Crippen LogP contribution in [0.4, 0.5) is 0 Å². The number of carbonyl (C=O) groups is 1. The third-order valence-corrected chi connectivity index (χ3v) is 2.83. The molecule has 0 amide bonds. The van der Waals surface area contributed by atoms with Crippen LogP contribution < -0.4 is 0 Å². The van der Waals surface area contributed by atoms with E-state index < -0.39 is 0 Å². The molecule has 0 saturated carbocycles. The summed E-state index contributed by atoms with van der Waals surface area (Å²) in [5, 5.41) is 0. The smallest absolute Gasteiger partial charge is 0.119 e. The molecule has 0 aliphatic carbocycles. The van der Waals surface area contributed by atoms with E-state index in [0.29, 0.717) is 0 Å². The molecule has 94 valence electrons. The molecule has 0 atom stereocenters. The van der Waals surface area contributed by atoms with Crippen molar-refractivity contribution >= 4 is 6.29 Å². The van der Waals surface area contributed by atoms with E-state index in [2.05, 4.69) is 19.1 Å². The molecule has 0 aromatic rings. The van der Waals surface area contributed by atoms with Crippen LogP contribution >= 0.6 is 0 Å². The standard InChI is InChI=1S/C15H28O/c1-2-3-4-5-6-7-8-9-10-11-12-13-14-15-16/h8-9,15H,2-7,10-14H2,1H3/b9-8+. The molecule has 0 aliphatic heterocycles. The molecule has 0 aliphatic rings. The second-order valence-electron chi connectivity index (χ2n) is 4.48. The molecule has 0 saturated heterocycles. The van der Waals surface area contributed by atoms with Crippen LogP contribution in [-0.4, -0.2) is 6.29 Å². The molecular weight excluding hydrogens is 196 g/mol. The lowest BCUT2D eigenvalue weighted by molar-refractivity contribution is -0.107. The molecular formula is C15H28O. The first-order valence-corrected chi connectivity index (χ1v) is 7.00. The van der Waals surface area contributed by atoms with Crippen LogP contribution in [0.2, 0.25) is 0 Å². The summed E-state index contributed by atoms with van der Waals surface area (Å²) in [4.78, 5) is 10.1. The van der Waals surface area contributed by atoms with Crippen LogP contribution in [0, 0.1) is 0 Å². The fourth-order valence-electron chi connectivity index (χ4n) is 1.77. The fraction of sp³-hybridized carbons (Fsp3) is 0.800. The third kappa shape index (κ3) is 13.4. The average Bonchev–Trinajstić information content (AvgIpc) is 2.31. The highest BCUT2D eigenvalue weighted by atomic mass is 16.1. The van der Waals surface area contributed by atoms with Gasteiger partial charge in [-0.1, -0.05) is 51.2 Å². The Morgan fingerprint density at radius 2 is 1.19 bits per heavy atom. The zero-order chi connectivity index (χ0) is 11.9. The summed E-state index contributed by atoms with van der Waals surface area (Å²) in [6, 6.07) is 0. The minimum atomic E-state index is 0.737. The van der Waals surface area contributed by atoms with Crippen LogP contribution in [0.5, 0.6) is 0 Å². The topological polar surface area (TPSA) is 17.1 Å². The van der Waals surface area contributed by atoms with Crippen molar-refractivity contribution < 1.29 is 4.79 Å². The molecule has 0 radical (unpaired) electrons. The average molecular weight is 224 g/mol. The third-order valence-electron chi connectivity index (χ3n) is 2.83. The lowest BCUT2D eigenvalue weighted by Crippen LogP contribution is -1.78. The van der Waals surface area contributed by atoms with E-state index in [4.69, 9.17) is 0 Å². The van der Waals surface area contributed by atoms with Crippen molar-refractivity contribution in [1.82, 2.24) is 0 Å². The van der Waals surface area contributed by atoms with Gasteiger partial charge in [0.15, 0.2) is 0 Å². The summed E-state index contributed by atoms with van der Waals surface area (Å²) >= 11 is 0. The number of rotatable bonds is 12. The number of hydrogen-bond donors (Lipinski definition) is 0. The Bertz CT molecular complexity index is 161. The lowest BCUT2D eigenvalue weighted by Gasteiger charge is -1.96. The Hall–Kier alpha value is -0.590. The van der Waals surface area contributed by atoms with Crippen LogP contribution in [-0.2, 0) is 4.79 Å². The van der Waals surface area contributed by atoms with Crippen LogP contribution in [0.3, 0.4) is 0 Å². The molecule has 0 spiro atoms. The van der Waals surface area contributed by atoms with Crippen molar-refractivity contribution in [2.24, 2.45) is 0 Å². The minimum absolute atomic E-state index is 0.737. The molecule has 0 bridgehead atoms. The Kier molecular flexibility index (Phi) is 13.9. The predicted octanol–water partition coefficient (Wildman–Crippen LogP) is 5.05. The number of unbranched alkanes of at least 4 members (excludes halogenated alkanes) is 9. The number of hydrogen-bond acceptors (Lipinski definition) is 1. The molecule has 0 aromatic heterocycles. The van der Waals surface area contributed by atoms with Crippen molar-refractivity contribution in [3.63, 3.8) is 0 Å². The molecule has 0 N–H and O–H groups in total. The quantitative estimate of drug-likeness (QED) is 0.257. The van der Waals surface area contributed by atoms with Gasteiger partial charge in [0.2, 0.25) is 0 Å². The van der Waals surface area contributed by atoms with Gasteiger partial charge in [0.25, 0.3) is 0 Å². The lowest BCUT2D eigenvalue weighted by atomic mass is 10.1. The maximum absolute atomic E-state index is 10.1. The molecule has 0 rings (SSSR count). The summed E-state index contributed by atoms with van der Waals surface area (Å²) in [6.45, 7) is 2.25. The predicted molar refractivity (Wildman–Crippen MR) is 71.7 cm³/mol. The van der Waals surface area contributed by atoms with Crippen molar-refractivity contribution in [3.8, 4) is 0 Å². The van der Waals surface area contributed by atoms with Crippen LogP contribution in [0.1, 0.15) is 77.6 Å². The van der Waals surface area contributed by atoms with Crippen LogP contribution in [0.25, 0.3) is 0 Å². The van der Waals surface area contributed by atoms with Gasteiger partial charge in [0, 0.05) is 6.42 Å². The molecule has 0 unspecified atom stereocenters. The van der Waals surface area contributed by atoms with Crippen molar-refractivity contribution in [2.45, 2.75) is 77.6 Å². The molecule has 1 nitrogen and oxygen atoms in total. The molecule has 16 heavy (non-hydrogen) atoms. The van der Waals surface area contributed by atoms with Gasteiger partial charge in [0.05, 0.1) is 0 Å². The van der Waals surface area contributed by atoms with Gasteiger partial charge in [0.1, 0.15) is 6.29 Å². The number of carbonyl (C=O) groups excluding carboxylic acids is 1. The molecule has 0 fully saturated rings. The summed E-state index contributed by atoms with van der Waals surface area (Å²) in [5.74, 6) is 0. The fourth-order valence-corrected chi connectivity index (χ4v) is 1.77.